The van der Waals surface area contributed by atoms with Crippen molar-refractivity contribution >= 4 is 5.91 Å². The molecule has 0 spiro atoms. The number of amides is 1. The Bertz CT molecular complexity index is 841. The maximum atomic E-state index is 12.4. The highest BCUT2D eigenvalue weighted by molar-refractivity contribution is 5.93. The van der Waals surface area contributed by atoms with Crippen LogP contribution < -0.4 is 10.1 Å². The lowest BCUT2D eigenvalue weighted by Gasteiger charge is -2.15. The van der Waals surface area contributed by atoms with Crippen LogP contribution in [0.1, 0.15) is 35.3 Å². The Balaban J connectivity index is 1.64. The van der Waals surface area contributed by atoms with Crippen molar-refractivity contribution in [2.24, 2.45) is 0 Å². The zero-order valence-corrected chi connectivity index (χ0v) is 14.9. The number of hydrogen-bond donors (Lipinski definition) is 1. The van der Waals surface area contributed by atoms with Crippen molar-refractivity contribution in [1.29, 1.82) is 0 Å². The Labute approximate surface area is 153 Å². The number of methoxy groups -OCH3 is 1. The summed E-state index contributed by atoms with van der Waals surface area (Å²) in [6.07, 6.45) is 0.945. The molecule has 0 unspecified atom stereocenters. The summed E-state index contributed by atoms with van der Waals surface area (Å²) in [4.78, 5) is 12.4. The van der Waals surface area contributed by atoms with Crippen LogP contribution in [0.25, 0.3) is 11.3 Å². The minimum Gasteiger partial charge on any atom is -0.497 e. The van der Waals surface area contributed by atoms with Crippen molar-refractivity contribution in [3.05, 3.63) is 71.9 Å². The van der Waals surface area contributed by atoms with Gasteiger partial charge in [0.2, 0.25) is 0 Å². The predicted molar refractivity (Wildman–Crippen MR) is 100 cm³/mol. The van der Waals surface area contributed by atoms with Gasteiger partial charge in [0.25, 0.3) is 5.91 Å². The molecule has 3 rings (SSSR count). The van der Waals surface area contributed by atoms with Crippen LogP contribution in [0.4, 0.5) is 0 Å². The summed E-state index contributed by atoms with van der Waals surface area (Å²) < 4.78 is 10.5. The second kappa shape index (κ2) is 8.34. The molecule has 0 aliphatic rings. The Morgan fingerprint density at radius 3 is 2.54 bits per heavy atom. The Morgan fingerprint density at radius 2 is 1.88 bits per heavy atom. The molecule has 1 heterocycles. The quantitative estimate of drug-likeness (QED) is 0.691. The molecule has 1 amide bonds. The summed E-state index contributed by atoms with van der Waals surface area (Å²) in [5, 5.41) is 6.84. The van der Waals surface area contributed by atoms with Gasteiger partial charge in [0, 0.05) is 24.1 Å². The fraction of sp³-hybridized carbons (Fsp3) is 0.238. The molecular formula is C21H22N2O3. The average Bonchev–Trinajstić information content (AvgIpc) is 3.19. The van der Waals surface area contributed by atoms with Crippen LogP contribution in [-0.4, -0.2) is 24.7 Å². The largest absolute Gasteiger partial charge is 0.497 e. The third kappa shape index (κ3) is 4.11. The molecule has 0 saturated heterocycles. The van der Waals surface area contributed by atoms with E-state index in [0.29, 0.717) is 12.3 Å². The molecule has 1 aromatic heterocycles. The van der Waals surface area contributed by atoms with E-state index in [1.807, 2.05) is 42.5 Å². The molecule has 0 aliphatic heterocycles. The van der Waals surface area contributed by atoms with Crippen molar-refractivity contribution in [2.45, 2.75) is 19.3 Å². The first-order valence-corrected chi connectivity index (χ1v) is 8.65. The molecule has 0 aliphatic carbocycles. The van der Waals surface area contributed by atoms with Gasteiger partial charge >= 0.3 is 0 Å². The number of nitrogens with zero attached hydrogens (tertiary/aromatic N) is 1. The maximum Gasteiger partial charge on any atom is 0.273 e. The van der Waals surface area contributed by atoms with E-state index in [2.05, 4.69) is 29.5 Å². The van der Waals surface area contributed by atoms with E-state index in [1.165, 1.54) is 5.56 Å². The summed E-state index contributed by atoms with van der Waals surface area (Å²) in [5.74, 6) is 1.35. The second-order valence-corrected chi connectivity index (χ2v) is 6.03. The number of rotatable bonds is 7. The average molecular weight is 350 g/mol. The minimum atomic E-state index is -0.233. The van der Waals surface area contributed by atoms with Crippen molar-refractivity contribution in [3.8, 4) is 17.1 Å². The number of nitrogens with one attached hydrogen (secondary N) is 1. The molecule has 1 N–H and O–H groups in total. The molecule has 0 saturated carbocycles. The summed E-state index contributed by atoms with van der Waals surface area (Å²) >= 11 is 0. The number of benzene rings is 2. The third-order valence-electron chi connectivity index (χ3n) is 4.39. The minimum absolute atomic E-state index is 0.233. The SMILES string of the molecule is CC[C@@H](CNC(=O)c1cc(-c2ccc(OC)cc2)on1)c1ccccc1. The maximum absolute atomic E-state index is 12.4. The predicted octanol–water partition coefficient (Wildman–Crippen LogP) is 4.27. The molecule has 26 heavy (non-hydrogen) atoms. The van der Waals surface area contributed by atoms with Gasteiger partial charge in [-0.15, -0.1) is 0 Å². The van der Waals surface area contributed by atoms with Crippen molar-refractivity contribution < 1.29 is 14.1 Å². The van der Waals surface area contributed by atoms with Gasteiger partial charge in [-0.2, -0.15) is 0 Å². The third-order valence-corrected chi connectivity index (χ3v) is 4.39. The zero-order valence-electron chi connectivity index (χ0n) is 14.9. The van der Waals surface area contributed by atoms with E-state index in [1.54, 1.807) is 13.2 Å². The fourth-order valence-electron chi connectivity index (χ4n) is 2.80. The molecule has 1 atom stereocenters. The van der Waals surface area contributed by atoms with Crippen LogP contribution in [-0.2, 0) is 0 Å². The molecule has 3 aromatic rings. The van der Waals surface area contributed by atoms with Crippen molar-refractivity contribution in [1.82, 2.24) is 10.5 Å². The monoisotopic (exact) mass is 350 g/mol. The van der Waals surface area contributed by atoms with Gasteiger partial charge in [-0.05, 0) is 36.2 Å². The van der Waals surface area contributed by atoms with E-state index in [0.717, 1.165) is 17.7 Å². The lowest BCUT2D eigenvalue weighted by atomic mass is 9.96. The number of hydrogen-bond acceptors (Lipinski definition) is 4. The summed E-state index contributed by atoms with van der Waals surface area (Å²) in [7, 11) is 1.62. The van der Waals surface area contributed by atoms with Crippen LogP contribution in [0.5, 0.6) is 5.75 Å². The molecule has 5 nitrogen and oxygen atoms in total. The molecule has 0 radical (unpaired) electrons. The smallest absolute Gasteiger partial charge is 0.273 e. The van der Waals surface area contributed by atoms with E-state index < -0.39 is 0 Å². The number of aromatic nitrogens is 1. The number of carbonyl (C=O) groups excluding carboxylic acids is 1. The molecule has 0 fully saturated rings. The van der Waals surface area contributed by atoms with Gasteiger partial charge < -0.3 is 14.6 Å². The first-order chi connectivity index (χ1) is 12.7. The van der Waals surface area contributed by atoms with E-state index in [4.69, 9.17) is 9.26 Å². The van der Waals surface area contributed by atoms with Gasteiger partial charge in [0.05, 0.1) is 7.11 Å². The second-order valence-electron chi connectivity index (χ2n) is 6.03. The summed E-state index contributed by atoms with van der Waals surface area (Å²) in [6.45, 7) is 2.67. The van der Waals surface area contributed by atoms with Crippen LogP contribution in [0.3, 0.4) is 0 Å². The lowest BCUT2D eigenvalue weighted by Crippen LogP contribution is -2.28. The molecule has 5 heteroatoms. The van der Waals surface area contributed by atoms with E-state index >= 15 is 0 Å². The lowest BCUT2D eigenvalue weighted by molar-refractivity contribution is 0.0942. The fourth-order valence-corrected chi connectivity index (χ4v) is 2.80. The highest BCUT2D eigenvalue weighted by atomic mass is 16.5. The van der Waals surface area contributed by atoms with Gasteiger partial charge in [-0.3, -0.25) is 4.79 Å². The first kappa shape index (κ1) is 17.7. The molecule has 134 valence electrons. The van der Waals surface area contributed by atoms with Gasteiger partial charge in [0.15, 0.2) is 11.5 Å². The number of ether oxygens (including phenoxy) is 1. The summed E-state index contributed by atoms with van der Waals surface area (Å²) in [5.41, 5.74) is 2.33. The standard InChI is InChI=1S/C21H22N2O3/c1-3-15(16-7-5-4-6-8-16)14-22-21(24)19-13-20(26-23-19)17-9-11-18(25-2)12-10-17/h4-13,15H,3,14H2,1-2H3,(H,22,24)/t15-/m0/s1. The molecular weight excluding hydrogens is 328 g/mol. The van der Waals surface area contributed by atoms with E-state index in [-0.39, 0.29) is 17.5 Å². The van der Waals surface area contributed by atoms with Gasteiger partial charge in [-0.1, -0.05) is 42.4 Å². The van der Waals surface area contributed by atoms with Gasteiger partial charge in [-0.25, -0.2) is 0 Å². The first-order valence-electron chi connectivity index (χ1n) is 8.65. The Morgan fingerprint density at radius 1 is 1.15 bits per heavy atom. The van der Waals surface area contributed by atoms with E-state index in [9.17, 15) is 4.79 Å². The van der Waals surface area contributed by atoms with Crippen molar-refractivity contribution in [2.75, 3.05) is 13.7 Å². The highest BCUT2D eigenvalue weighted by Crippen LogP contribution is 2.23. The normalized spacial score (nSPS) is 11.8. The van der Waals surface area contributed by atoms with Crippen LogP contribution in [0.15, 0.2) is 65.2 Å². The summed E-state index contributed by atoms with van der Waals surface area (Å²) in [6, 6.07) is 19.2. The van der Waals surface area contributed by atoms with Crippen LogP contribution >= 0.6 is 0 Å². The van der Waals surface area contributed by atoms with Crippen LogP contribution in [0, 0.1) is 0 Å². The highest BCUT2D eigenvalue weighted by Gasteiger charge is 2.16. The number of carbonyl (C=O) groups is 1. The Hall–Kier alpha value is -3.08. The zero-order chi connectivity index (χ0) is 18.4. The van der Waals surface area contributed by atoms with Gasteiger partial charge in [0.1, 0.15) is 5.75 Å². The molecule has 2 aromatic carbocycles. The Kier molecular flexibility index (Phi) is 5.69. The van der Waals surface area contributed by atoms with Crippen LogP contribution in [0.2, 0.25) is 0 Å². The van der Waals surface area contributed by atoms with Crippen molar-refractivity contribution in [3.63, 3.8) is 0 Å². The topological polar surface area (TPSA) is 64.4 Å². The molecule has 0 bridgehead atoms.